The molecule has 10 nitrogen and oxygen atoms in total. The molecule has 1 aromatic rings. The van der Waals surface area contributed by atoms with Crippen LogP contribution in [0.15, 0.2) is 24.3 Å². The Morgan fingerprint density at radius 1 is 0.895 bits per heavy atom. The first kappa shape index (κ1) is 32.9. The van der Waals surface area contributed by atoms with Crippen molar-refractivity contribution in [3.8, 4) is 0 Å². The maximum atomic E-state index is 12.8. The lowest BCUT2D eigenvalue weighted by atomic mass is 9.97. The van der Waals surface area contributed by atoms with Crippen molar-refractivity contribution in [2.45, 2.75) is 79.5 Å². The SMILES string of the molecule is CC(C)[C@@H](NC(=O)CCCCNC(=O)CCl)C(=O)N[C@H](C)C(=O)Nc1ccc(COC(=O)C(C)(C)C)cc1. The predicted molar refractivity (Wildman–Crippen MR) is 146 cm³/mol. The summed E-state index contributed by atoms with van der Waals surface area (Å²) in [6.07, 6.45) is 1.35. The van der Waals surface area contributed by atoms with Crippen molar-refractivity contribution in [3.63, 3.8) is 0 Å². The molecule has 0 saturated heterocycles. The van der Waals surface area contributed by atoms with Gasteiger partial charge in [-0.05, 0) is 64.2 Å². The van der Waals surface area contributed by atoms with E-state index in [9.17, 15) is 24.0 Å². The van der Waals surface area contributed by atoms with Gasteiger partial charge in [0.05, 0.1) is 5.41 Å². The van der Waals surface area contributed by atoms with Crippen molar-refractivity contribution in [2.75, 3.05) is 17.7 Å². The Morgan fingerprint density at radius 2 is 1.53 bits per heavy atom. The zero-order chi connectivity index (χ0) is 28.9. The van der Waals surface area contributed by atoms with E-state index >= 15 is 0 Å². The van der Waals surface area contributed by atoms with E-state index in [0.717, 1.165) is 5.56 Å². The molecule has 212 valence electrons. The minimum Gasteiger partial charge on any atom is -0.460 e. The molecule has 4 amide bonds. The molecule has 38 heavy (non-hydrogen) atoms. The third-order valence-electron chi connectivity index (χ3n) is 5.50. The molecule has 1 aromatic carbocycles. The Morgan fingerprint density at radius 3 is 2.08 bits per heavy atom. The Kier molecular flexibility index (Phi) is 13.8. The van der Waals surface area contributed by atoms with Gasteiger partial charge < -0.3 is 26.0 Å². The van der Waals surface area contributed by atoms with Gasteiger partial charge in [0.2, 0.25) is 23.6 Å². The van der Waals surface area contributed by atoms with E-state index < -0.39 is 29.3 Å². The summed E-state index contributed by atoms with van der Waals surface area (Å²) < 4.78 is 5.29. The van der Waals surface area contributed by atoms with Gasteiger partial charge in [0.25, 0.3) is 0 Å². The number of carbonyl (C=O) groups excluding carboxylic acids is 5. The summed E-state index contributed by atoms with van der Waals surface area (Å²) in [5.41, 5.74) is 0.714. The highest BCUT2D eigenvalue weighted by Crippen LogP contribution is 2.17. The summed E-state index contributed by atoms with van der Waals surface area (Å²) in [6, 6.07) is 5.20. The average Bonchev–Trinajstić information content (AvgIpc) is 2.85. The summed E-state index contributed by atoms with van der Waals surface area (Å²) in [5, 5.41) is 10.8. The number of hydrogen-bond acceptors (Lipinski definition) is 6. The minimum absolute atomic E-state index is 0.106. The van der Waals surface area contributed by atoms with Gasteiger partial charge in [-0.15, -0.1) is 11.6 Å². The maximum absolute atomic E-state index is 12.8. The number of anilines is 1. The van der Waals surface area contributed by atoms with Gasteiger partial charge in [-0.3, -0.25) is 24.0 Å². The van der Waals surface area contributed by atoms with Crippen LogP contribution in [0, 0.1) is 11.3 Å². The Balaban J connectivity index is 2.54. The number of rotatable bonds is 14. The summed E-state index contributed by atoms with van der Waals surface area (Å²) in [4.78, 5) is 60.8. The van der Waals surface area contributed by atoms with Crippen molar-refractivity contribution in [1.82, 2.24) is 16.0 Å². The highest BCUT2D eigenvalue weighted by molar-refractivity contribution is 6.27. The van der Waals surface area contributed by atoms with E-state index in [-0.39, 0.29) is 42.6 Å². The van der Waals surface area contributed by atoms with Crippen molar-refractivity contribution in [3.05, 3.63) is 29.8 Å². The molecule has 0 aliphatic rings. The fourth-order valence-electron chi connectivity index (χ4n) is 3.14. The van der Waals surface area contributed by atoms with Crippen LogP contribution >= 0.6 is 11.6 Å². The summed E-state index contributed by atoms with van der Waals surface area (Å²) >= 11 is 5.41. The molecule has 0 saturated carbocycles. The molecule has 0 fully saturated rings. The van der Waals surface area contributed by atoms with Crippen LogP contribution in [-0.2, 0) is 35.3 Å². The fraction of sp³-hybridized carbons (Fsp3) is 0.593. The van der Waals surface area contributed by atoms with Gasteiger partial charge >= 0.3 is 5.97 Å². The van der Waals surface area contributed by atoms with Gasteiger partial charge in [0, 0.05) is 18.7 Å². The third kappa shape index (κ3) is 12.4. The van der Waals surface area contributed by atoms with Gasteiger partial charge in [0.1, 0.15) is 24.6 Å². The van der Waals surface area contributed by atoms with Crippen LogP contribution in [0.4, 0.5) is 5.69 Å². The van der Waals surface area contributed by atoms with Crippen LogP contribution in [-0.4, -0.2) is 54.1 Å². The lowest BCUT2D eigenvalue weighted by Gasteiger charge is -2.24. The Labute approximate surface area is 230 Å². The molecule has 1 rings (SSSR count). The van der Waals surface area contributed by atoms with Gasteiger partial charge in [-0.25, -0.2) is 0 Å². The van der Waals surface area contributed by atoms with Crippen LogP contribution in [0.3, 0.4) is 0 Å². The summed E-state index contributed by atoms with van der Waals surface area (Å²) in [5.74, 6) is -2.03. The highest BCUT2D eigenvalue weighted by atomic mass is 35.5. The van der Waals surface area contributed by atoms with Crippen LogP contribution in [0.1, 0.15) is 66.4 Å². The number of halogens is 1. The molecule has 0 bridgehead atoms. The molecule has 0 heterocycles. The standard InChI is InChI=1S/C27H41ClN4O6/c1-17(2)23(32-21(33)9-7-8-14-29-22(34)15-28)25(36)30-18(3)24(35)31-20-12-10-19(11-13-20)16-38-26(37)27(4,5)6/h10-13,17-18,23H,7-9,14-16H2,1-6H3,(H,29,34)(H,30,36)(H,31,35)(H,32,33)/t18-,23-/m1/s1. The minimum atomic E-state index is -0.849. The largest absolute Gasteiger partial charge is 0.460 e. The van der Waals surface area contributed by atoms with E-state index in [1.807, 2.05) is 0 Å². The molecule has 2 atom stereocenters. The number of unbranched alkanes of at least 4 members (excludes halogenated alkanes) is 1. The monoisotopic (exact) mass is 552 g/mol. The second-order valence-electron chi connectivity index (χ2n) is 10.5. The number of carbonyl (C=O) groups is 5. The highest BCUT2D eigenvalue weighted by Gasteiger charge is 2.27. The average molecular weight is 553 g/mol. The summed E-state index contributed by atoms with van der Waals surface area (Å²) in [6.45, 7) is 11.1. The number of esters is 1. The van der Waals surface area contributed by atoms with Crippen molar-refractivity contribution >= 4 is 46.9 Å². The van der Waals surface area contributed by atoms with Crippen LogP contribution < -0.4 is 21.3 Å². The topological polar surface area (TPSA) is 143 Å². The van der Waals surface area contributed by atoms with Crippen LogP contribution in [0.25, 0.3) is 0 Å². The molecular formula is C27H41ClN4O6. The third-order valence-corrected chi connectivity index (χ3v) is 5.74. The fourth-order valence-corrected chi connectivity index (χ4v) is 3.23. The van der Waals surface area contributed by atoms with Gasteiger partial charge in [-0.1, -0.05) is 26.0 Å². The van der Waals surface area contributed by atoms with E-state index in [1.165, 1.54) is 0 Å². The molecule has 11 heteroatoms. The Hall–Kier alpha value is -3.14. The molecule has 0 unspecified atom stereocenters. The van der Waals surface area contributed by atoms with Crippen molar-refractivity contribution in [1.29, 1.82) is 0 Å². The normalized spacial score (nSPS) is 12.7. The van der Waals surface area contributed by atoms with Crippen molar-refractivity contribution < 1.29 is 28.7 Å². The first-order chi connectivity index (χ1) is 17.7. The molecule has 0 aliphatic heterocycles. The van der Waals surface area contributed by atoms with E-state index in [0.29, 0.717) is 25.1 Å². The number of alkyl halides is 1. The zero-order valence-corrected chi connectivity index (χ0v) is 23.9. The van der Waals surface area contributed by atoms with Gasteiger partial charge in [-0.2, -0.15) is 0 Å². The number of amides is 4. The van der Waals surface area contributed by atoms with Gasteiger partial charge in [0.15, 0.2) is 0 Å². The first-order valence-corrected chi connectivity index (χ1v) is 13.3. The summed E-state index contributed by atoms with van der Waals surface area (Å²) in [7, 11) is 0. The first-order valence-electron chi connectivity index (χ1n) is 12.7. The predicted octanol–water partition coefficient (Wildman–Crippen LogP) is 2.89. The number of hydrogen-bond donors (Lipinski definition) is 4. The lowest BCUT2D eigenvalue weighted by Crippen LogP contribution is -2.53. The van der Waals surface area contributed by atoms with Crippen molar-refractivity contribution in [2.24, 2.45) is 11.3 Å². The smallest absolute Gasteiger partial charge is 0.311 e. The maximum Gasteiger partial charge on any atom is 0.311 e. The number of benzene rings is 1. The zero-order valence-electron chi connectivity index (χ0n) is 23.1. The molecule has 4 N–H and O–H groups in total. The second-order valence-corrected chi connectivity index (χ2v) is 10.7. The second kappa shape index (κ2) is 16.0. The number of ether oxygens (including phenoxy) is 1. The Bertz CT molecular complexity index is 959. The van der Waals surface area contributed by atoms with Crippen LogP contribution in [0.5, 0.6) is 0 Å². The van der Waals surface area contributed by atoms with E-state index in [1.54, 1.807) is 65.8 Å². The lowest BCUT2D eigenvalue weighted by molar-refractivity contribution is -0.154. The number of nitrogens with one attached hydrogen (secondary N) is 4. The quantitative estimate of drug-likeness (QED) is 0.159. The molecular weight excluding hydrogens is 512 g/mol. The molecule has 0 aromatic heterocycles. The molecule has 0 radical (unpaired) electrons. The van der Waals surface area contributed by atoms with E-state index in [2.05, 4.69) is 21.3 Å². The van der Waals surface area contributed by atoms with E-state index in [4.69, 9.17) is 16.3 Å². The molecule has 0 spiro atoms. The van der Waals surface area contributed by atoms with Crippen LogP contribution in [0.2, 0.25) is 0 Å². The molecule has 0 aliphatic carbocycles.